The lowest BCUT2D eigenvalue weighted by atomic mass is 10.2. The van der Waals surface area contributed by atoms with Gasteiger partial charge in [0.1, 0.15) is 12.4 Å². The molecule has 2 aromatic carbocycles. The van der Waals surface area contributed by atoms with E-state index < -0.39 is 21.7 Å². The molecule has 0 aliphatic carbocycles. The minimum Gasteiger partial charge on any atom is -0.354 e. The molecule has 0 bridgehead atoms. The van der Waals surface area contributed by atoms with E-state index in [4.69, 9.17) is 0 Å². The number of hydrogen-bond acceptors (Lipinski definition) is 4. The highest BCUT2D eigenvalue weighted by atomic mass is 32.2. The predicted octanol–water partition coefficient (Wildman–Crippen LogP) is 3.34. The number of thioether (sulfide) groups is 1. The Morgan fingerprint density at radius 1 is 1.18 bits per heavy atom. The van der Waals surface area contributed by atoms with Crippen LogP contribution in [0.15, 0.2) is 48.5 Å². The maximum atomic E-state index is 13.4. The number of carbonyl (C=O) groups excluding carboxylic acids is 1. The molecule has 5 nitrogen and oxygen atoms in total. The first-order valence-electron chi connectivity index (χ1n) is 8.89. The number of benzene rings is 2. The summed E-state index contributed by atoms with van der Waals surface area (Å²) in [6.45, 7) is 2.15. The maximum absolute atomic E-state index is 13.4. The Kier molecular flexibility index (Phi) is 8.32. The van der Waals surface area contributed by atoms with Crippen LogP contribution in [0.4, 0.5) is 10.1 Å². The summed E-state index contributed by atoms with van der Waals surface area (Å²) in [5.41, 5.74) is 2.64. The molecule has 0 aliphatic rings. The molecule has 0 saturated carbocycles. The van der Waals surface area contributed by atoms with Gasteiger partial charge in [-0.1, -0.05) is 35.9 Å². The van der Waals surface area contributed by atoms with E-state index in [-0.39, 0.29) is 12.2 Å². The van der Waals surface area contributed by atoms with Crippen molar-refractivity contribution in [2.75, 3.05) is 29.4 Å². The van der Waals surface area contributed by atoms with Crippen LogP contribution in [0.1, 0.15) is 17.5 Å². The molecular formula is C20H25FN2O3S2. The number of hydrogen-bond donors (Lipinski definition) is 1. The van der Waals surface area contributed by atoms with Gasteiger partial charge < -0.3 is 5.32 Å². The molecule has 0 atom stereocenters. The van der Waals surface area contributed by atoms with E-state index >= 15 is 0 Å². The fourth-order valence-corrected chi connectivity index (χ4v) is 4.37. The van der Waals surface area contributed by atoms with Crippen LogP contribution < -0.4 is 9.62 Å². The van der Waals surface area contributed by atoms with Crippen LogP contribution in [-0.4, -0.2) is 39.4 Å². The summed E-state index contributed by atoms with van der Waals surface area (Å²) in [5.74, 6) is 0.820. The van der Waals surface area contributed by atoms with E-state index in [9.17, 15) is 17.6 Å². The normalized spacial score (nSPS) is 11.2. The predicted molar refractivity (Wildman–Crippen MR) is 114 cm³/mol. The zero-order valence-corrected chi connectivity index (χ0v) is 17.7. The van der Waals surface area contributed by atoms with Gasteiger partial charge in [0.15, 0.2) is 0 Å². The molecule has 152 valence electrons. The summed E-state index contributed by atoms with van der Waals surface area (Å²) in [4.78, 5) is 12.1. The number of halogens is 1. The Balaban J connectivity index is 1.75. The number of amides is 1. The summed E-state index contributed by atoms with van der Waals surface area (Å²) in [6.07, 6.45) is 1.77. The third-order valence-corrected chi connectivity index (χ3v) is 6.18. The van der Waals surface area contributed by atoms with E-state index in [1.54, 1.807) is 11.8 Å². The smallest absolute Gasteiger partial charge is 0.240 e. The molecular weight excluding hydrogens is 399 g/mol. The fourth-order valence-electron chi connectivity index (χ4n) is 2.61. The van der Waals surface area contributed by atoms with Crippen molar-refractivity contribution < 1.29 is 17.6 Å². The summed E-state index contributed by atoms with van der Waals surface area (Å²) in [6, 6.07) is 13.5. The number of nitrogens with zero attached hydrogens (tertiary/aromatic N) is 1. The zero-order valence-electron chi connectivity index (χ0n) is 16.0. The molecule has 0 unspecified atom stereocenters. The number of sulfonamides is 1. The third kappa shape index (κ3) is 7.52. The van der Waals surface area contributed by atoms with Crippen molar-refractivity contribution in [2.45, 2.75) is 19.1 Å². The molecule has 1 N–H and O–H groups in total. The first-order valence-corrected chi connectivity index (χ1v) is 11.9. The average Bonchev–Trinajstić information content (AvgIpc) is 2.61. The van der Waals surface area contributed by atoms with Crippen LogP contribution in [0.2, 0.25) is 0 Å². The minimum atomic E-state index is -3.70. The van der Waals surface area contributed by atoms with Crippen molar-refractivity contribution >= 4 is 33.4 Å². The molecule has 0 aromatic heterocycles. The Morgan fingerprint density at radius 2 is 1.93 bits per heavy atom. The second-order valence-electron chi connectivity index (χ2n) is 6.49. The van der Waals surface area contributed by atoms with E-state index in [1.165, 1.54) is 29.3 Å². The van der Waals surface area contributed by atoms with Gasteiger partial charge in [-0.2, -0.15) is 11.8 Å². The van der Waals surface area contributed by atoms with Crippen molar-refractivity contribution in [3.8, 4) is 0 Å². The van der Waals surface area contributed by atoms with Gasteiger partial charge in [-0.05, 0) is 42.9 Å². The van der Waals surface area contributed by atoms with Gasteiger partial charge in [0.25, 0.3) is 0 Å². The summed E-state index contributed by atoms with van der Waals surface area (Å²) >= 11 is 1.78. The van der Waals surface area contributed by atoms with E-state index in [0.29, 0.717) is 6.54 Å². The molecule has 8 heteroatoms. The van der Waals surface area contributed by atoms with Crippen LogP contribution in [0, 0.1) is 12.7 Å². The molecule has 0 spiro atoms. The van der Waals surface area contributed by atoms with Gasteiger partial charge in [0.2, 0.25) is 15.9 Å². The maximum Gasteiger partial charge on any atom is 0.240 e. The first-order chi connectivity index (χ1) is 13.3. The topological polar surface area (TPSA) is 66.5 Å². The number of rotatable bonds is 10. The quantitative estimate of drug-likeness (QED) is 0.594. The fraction of sp³-hybridized carbons (Fsp3) is 0.350. The van der Waals surface area contributed by atoms with E-state index in [2.05, 4.69) is 30.4 Å². The SMILES string of the molecule is Cc1cccc(CSCCCNC(=O)CN(c2cccc(F)c2)S(C)(=O)=O)c1. The molecule has 0 saturated heterocycles. The molecule has 28 heavy (non-hydrogen) atoms. The highest BCUT2D eigenvalue weighted by molar-refractivity contribution is 7.98. The van der Waals surface area contributed by atoms with Crippen molar-refractivity contribution in [1.82, 2.24) is 5.32 Å². The first kappa shape index (κ1) is 22.2. The van der Waals surface area contributed by atoms with E-state index in [1.807, 2.05) is 6.07 Å². The van der Waals surface area contributed by atoms with Crippen molar-refractivity contribution in [3.05, 3.63) is 65.5 Å². The molecule has 0 heterocycles. The number of aryl methyl sites for hydroxylation is 1. The molecule has 0 fully saturated rings. The van der Waals surface area contributed by atoms with Gasteiger partial charge in [0, 0.05) is 12.3 Å². The lowest BCUT2D eigenvalue weighted by molar-refractivity contribution is -0.119. The standard InChI is InChI=1S/C20H25FN2O3S2/c1-16-6-3-7-17(12-16)15-27-11-5-10-22-20(24)14-23(28(2,25)26)19-9-4-8-18(21)13-19/h3-4,6-9,12-13H,5,10-11,14-15H2,1-2H3,(H,22,24). The third-order valence-electron chi connectivity index (χ3n) is 3.92. The molecule has 1 amide bonds. The molecule has 0 aliphatic heterocycles. The Bertz CT molecular complexity index is 904. The number of carbonyl (C=O) groups is 1. The van der Waals surface area contributed by atoms with Crippen LogP contribution in [0.25, 0.3) is 0 Å². The largest absolute Gasteiger partial charge is 0.354 e. The molecule has 2 aromatic rings. The van der Waals surface area contributed by atoms with E-state index in [0.717, 1.165) is 34.6 Å². The lowest BCUT2D eigenvalue weighted by Crippen LogP contribution is -2.40. The van der Waals surface area contributed by atoms with Crippen LogP contribution in [-0.2, 0) is 20.6 Å². The highest BCUT2D eigenvalue weighted by Crippen LogP contribution is 2.18. The highest BCUT2D eigenvalue weighted by Gasteiger charge is 2.20. The Morgan fingerprint density at radius 3 is 2.61 bits per heavy atom. The van der Waals surface area contributed by atoms with Crippen LogP contribution in [0.5, 0.6) is 0 Å². The average molecular weight is 425 g/mol. The lowest BCUT2D eigenvalue weighted by Gasteiger charge is -2.21. The van der Waals surface area contributed by atoms with Gasteiger partial charge >= 0.3 is 0 Å². The second kappa shape index (κ2) is 10.5. The zero-order chi connectivity index (χ0) is 20.6. The summed E-state index contributed by atoms with van der Waals surface area (Å²) < 4.78 is 38.2. The molecule has 0 radical (unpaired) electrons. The Labute approximate surface area is 170 Å². The Hall–Kier alpha value is -2.06. The van der Waals surface area contributed by atoms with Gasteiger partial charge in [-0.15, -0.1) is 0 Å². The second-order valence-corrected chi connectivity index (χ2v) is 9.51. The number of nitrogens with one attached hydrogen (secondary N) is 1. The van der Waals surface area contributed by atoms with Gasteiger partial charge in [-0.3, -0.25) is 9.10 Å². The van der Waals surface area contributed by atoms with Crippen LogP contribution in [0.3, 0.4) is 0 Å². The molecule has 2 rings (SSSR count). The minimum absolute atomic E-state index is 0.131. The van der Waals surface area contributed by atoms with Crippen molar-refractivity contribution in [3.63, 3.8) is 0 Å². The monoisotopic (exact) mass is 424 g/mol. The van der Waals surface area contributed by atoms with Gasteiger partial charge in [-0.25, -0.2) is 12.8 Å². The summed E-state index contributed by atoms with van der Waals surface area (Å²) in [7, 11) is -3.70. The van der Waals surface area contributed by atoms with Crippen molar-refractivity contribution in [2.24, 2.45) is 0 Å². The number of anilines is 1. The summed E-state index contributed by atoms with van der Waals surface area (Å²) in [5, 5.41) is 2.73. The van der Waals surface area contributed by atoms with Crippen molar-refractivity contribution in [1.29, 1.82) is 0 Å². The van der Waals surface area contributed by atoms with Crippen LogP contribution >= 0.6 is 11.8 Å². The van der Waals surface area contributed by atoms with Gasteiger partial charge in [0.05, 0.1) is 11.9 Å².